The van der Waals surface area contributed by atoms with Crippen molar-refractivity contribution in [3.05, 3.63) is 23.8 Å². The van der Waals surface area contributed by atoms with Crippen LogP contribution in [0, 0.1) is 5.92 Å². The number of nitrogens with two attached hydrogens (primary N) is 1. The molecule has 0 atom stereocenters. The molecule has 3 N–H and O–H groups in total. The topological polar surface area (TPSA) is 58.4 Å². The van der Waals surface area contributed by atoms with E-state index in [1.807, 2.05) is 18.2 Å². The monoisotopic (exact) mass is 245 g/mol. The van der Waals surface area contributed by atoms with Crippen LogP contribution in [0.4, 0.5) is 11.4 Å². The first-order valence-corrected chi connectivity index (χ1v) is 6.63. The number of rotatable bonds is 4. The van der Waals surface area contributed by atoms with Gasteiger partial charge in [0.2, 0.25) is 5.91 Å². The van der Waals surface area contributed by atoms with Crippen LogP contribution >= 0.6 is 0 Å². The summed E-state index contributed by atoms with van der Waals surface area (Å²) in [6.45, 7) is 2.18. The molecule has 1 heterocycles. The Morgan fingerprint density at radius 1 is 1.44 bits per heavy atom. The standard InChI is InChI=1S/C14H19N3O/c15-12-2-1-3-13-11(12)6-7-17(13)9-14(18)16-8-10-4-5-10/h1-3,10H,4-9,15H2,(H,16,18). The van der Waals surface area contributed by atoms with Crippen molar-refractivity contribution >= 4 is 17.3 Å². The number of nitrogens with zero attached hydrogens (tertiary/aromatic N) is 1. The third-order valence-electron chi connectivity index (χ3n) is 3.78. The van der Waals surface area contributed by atoms with Crippen LogP contribution < -0.4 is 16.0 Å². The van der Waals surface area contributed by atoms with E-state index in [2.05, 4.69) is 10.2 Å². The van der Waals surface area contributed by atoms with Crippen LogP contribution in [0.1, 0.15) is 18.4 Å². The van der Waals surface area contributed by atoms with Gasteiger partial charge in [-0.25, -0.2) is 0 Å². The normalized spacial score (nSPS) is 17.7. The van der Waals surface area contributed by atoms with Crippen LogP contribution in [-0.2, 0) is 11.2 Å². The van der Waals surface area contributed by atoms with Gasteiger partial charge in [0, 0.05) is 30.0 Å². The Morgan fingerprint density at radius 3 is 3.06 bits per heavy atom. The van der Waals surface area contributed by atoms with E-state index in [4.69, 9.17) is 5.73 Å². The second-order valence-electron chi connectivity index (χ2n) is 5.26. The molecule has 96 valence electrons. The number of amides is 1. The number of hydrogen-bond donors (Lipinski definition) is 2. The first-order chi connectivity index (χ1) is 8.74. The molecular formula is C14H19N3O. The summed E-state index contributed by atoms with van der Waals surface area (Å²) in [7, 11) is 0. The van der Waals surface area contributed by atoms with Gasteiger partial charge in [0.05, 0.1) is 6.54 Å². The summed E-state index contributed by atoms with van der Waals surface area (Å²) in [4.78, 5) is 14.0. The molecule has 0 bridgehead atoms. The van der Waals surface area contributed by atoms with E-state index in [-0.39, 0.29) is 5.91 Å². The highest BCUT2D eigenvalue weighted by Crippen LogP contribution is 2.31. The highest BCUT2D eigenvalue weighted by atomic mass is 16.2. The van der Waals surface area contributed by atoms with Gasteiger partial charge in [-0.1, -0.05) is 6.07 Å². The van der Waals surface area contributed by atoms with Crippen molar-refractivity contribution in [3.63, 3.8) is 0 Å². The van der Waals surface area contributed by atoms with Crippen LogP contribution in [0.2, 0.25) is 0 Å². The molecule has 0 unspecified atom stereocenters. The molecule has 1 saturated carbocycles. The van der Waals surface area contributed by atoms with Gasteiger partial charge in [-0.05, 0) is 37.3 Å². The highest BCUT2D eigenvalue weighted by molar-refractivity contribution is 5.83. The van der Waals surface area contributed by atoms with Crippen LogP contribution in [0.15, 0.2) is 18.2 Å². The van der Waals surface area contributed by atoms with E-state index in [1.54, 1.807) is 0 Å². The van der Waals surface area contributed by atoms with Gasteiger partial charge in [0.1, 0.15) is 0 Å². The average molecular weight is 245 g/mol. The quantitative estimate of drug-likeness (QED) is 0.783. The minimum atomic E-state index is 0.122. The Labute approximate surface area is 107 Å². The van der Waals surface area contributed by atoms with Crippen molar-refractivity contribution in [2.45, 2.75) is 19.3 Å². The molecular weight excluding hydrogens is 226 g/mol. The number of benzene rings is 1. The number of nitrogen functional groups attached to an aromatic ring is 1. The Kier molecular flexibility index (Phi) is 2.86. The lowest BCUT2D eigenvalue weighted by Gasteiger charge is -2.19. The summed E-state index contributed by atoms with van der Waals surface area (Å²) >= 11 is 0. The Morgan fingerprint density at radius 2 is 2.28 bits per heavy atom. The maximum absolute atomic E-state index is 11.8. The first kappa shape index (κ1) is 11.4. The summed E-state index contributed by atoms with van der Waals surface area (Å²) < 4.78 is 0. The zero-order chi connectivity index (χ0) is 12.5. The van der Waals surface area contributed by atoms with Crippen molar-refractivity contribution in [1.82, 2.24) is 5.32 Å². The van der Waals surface area contributed by atoms with E-state index >= 15 is 0 Å². The summed E-state index contributed by atoms with van der Waals surface area (Å²) in [5.41, 5.74) is 9.09. The molecule has 1 aliphatic carbocycles. The Bertz CT molecular complexity index is 468. The zero-order valence-corrected chi connectivity index (χ0v) is 10.5. The first-order valence-electron chi connectivity index (χ1n) is 6.63. The van der Waals surface area contributed by atoms with Gasteiger partial charge in [-0.15, -0.1) is 0 Å². The van der Waals surface area contributed by atoms with Gasteiger partial charge >= 0.3 is 0 Å². The van der Waals surface area contributed by atoms with Crippen LogP contribution in [0.5, 0.6) is 0 Å². The molecule has 1 aliphatic heterocycles. The molecule has 18 heavy (non-hydrogen) atoms. The van der Waals surface area contributed by atoms with E-state index in [9.17, 15) is 4.79 Å². The number of anilines is 2. The molecule has 4 heteroatoms. The second-order valence-corrected chi connectivity index (χ2v) is 5.26. The summed E-state index contributed by atoms with van der Waals surface area (Å²) in [5, 5.41) is 3.01. The fraction of sp³-hybridized carbons (Fsp3) is 0.500. The molecule has 1 amide bonds. The highest BCUT2D eigenvalue weighted by Gasteiger charge is 2.24. The van der Waals surface area contributed by atoms with E-state index < -0.39 is 0 Å². The van der Waals surface area contributed by atoms with Crippen molar-refractivity contribution in [3.8, 4) is 0 Å². The third-order valence-corrected chi connectivity index (χ3v) is 3.78. The molecule has 0 saturated heterocycles. The van der Waals surface area contributed by atoms with Crippen molar-refractivity contribution in [2.75, 3.05) is 30.3 Å². The molecule has 0 aromatic heterocycles. The fourth-order valence-corrected chi connectivity index (χ4v) is 2.50. The van der Waals surface area contributed by atoms with Gasteiger partial charge < -0.3 is 16.0 Å². The van der Waals surface area contributed by atoms with Crippen LogP contribution in [0.3, 0.4) is 0 Å². The molecule has 4 nitrogen and oxygen atoms in total. The second kappa shape index (κ2) is 4.52. The number of nitrogens with one attached hydrogen (secondary N) is 1. The molecule has 0 radical (unpaired) electrons. The van der Waals surface area contributed by atoms with E-state index in [1.165, 1.54) is 18.4 Å². The molecule has 0 spiro atoms. The smallest absolute Gasteiger partial charge is 0.239 e. The van der Waals surface area contributed by atoms with Crippen LogP contribution in [0.25, 0.3) is 0 Å². The average Bonchev–Trinajstić information content (AvgIpc) is 3.10. The molecule has 1 fully saturated rings. The molecule has 3 rings (SSSR count). The minimum absolute atomic E-state index is 0.122. The number of hydrogen-bond acceptors (Lipinski definition) is 3. The largest absolute Gasteiger partial charge is 0.398 e. The summed E-state index contributed by atoms with van der Waals surface area (Å²) in [5.74, 6) is 0.854. The van der Waals surface area contributed by atoms with E-state index in [0.29, 0.717) is 6.54 Å². The fourth-order valence-electron chi connectivity index (χ4n) is 2.50. The predicted molar refractivity (Wildman–Crippen MR) is 72.5 cm³/mol. The van der Waals surface area contributed by atoms with Crippen molar-refractivity contribution < 1.29 is 4.79 Å². The Hall–Kier alpha value is -1.71. The van der Waals surface area contributed by atoms with Gasteiger partial charge in [-0.2, -0.15) is 0 Å². The van der Waals surface area contributed by atoms with Gasteiger partial charge in [0.15, 0.2) is 0 Å². The maximum atomic E-state index is 11.8. The number of carbonyl (C=O) groups excluding carboxylic acids is 1. The lowest BCUT2D eigenvalue weighted by Crippen LogP contribution is -2.37. The van der Waals surface area contributed by atoms with E-state index in [0.717, 1.165) is 36.8 Å². The van der Waals surface area contributed by atoms with Crippen LogP contribution in [-0.4, -0.2) is 25.5 Å². The van der Waals surface area contributed by atoms with Gasteiger partial charge in [0.25, 0.3) is 0 Å². The summed E-state index contributed by atoms with van der Waals surface area (Å²) in [6.07, 6.45) is 3.48. The minimum Gasteiger partial charge on any atom is -0.398 e. The van der Waals surface area contributed by atoms with Crippen molar-refractivity contribution in [1.29, 1.82) is 0 Å². The zero-order valence-electron chi connectivity index (χ0n) is 10.5. The molecule has 1 aromatic carbocycles. The molecule has 2 aliphatic rings. The SMILES string of the molecule is Nc1cccc2c1CCN2CC(=O)NCC1CC1. The van der Waals surface area contributed by atoms with Crippen molar-refractivity contribution in [2.24, 2.45) is 5.92 Å². The lowest BCUT2D eigenvalue weighted by atomic mass is 10.1. The number of fused-ring (bicyclic) bond motifs is 1. The predicted octanol–water partition coefficient (Wildman–Crippen LogP) is 1.16. The lowest BCUT2D eigenvalue weighted by molar-refractivity contribution is -0.119. The molecule has 1 aromatic rings. The van der Waals surface area contributed by atoms with Gasteiger partial charge in [-0.3, -0.25) is 4.79 Å². The summed E-state index contributed by atoms with van der Waals surface area (Å²) in [6, 6.07) is 5.93. The number of carbonyl (C=O) groups is 1. The third kappa shape index (κ3) is 2.28. The Balaban J connectivity index is 1.61. The maximum Gasteiger partial charge on any atom is 0.239 e.